The van der Waals surface area contributed by atoms with Crippen LogP contribution in [0.25, 0.3) is 0 Å². The van der Waals surface area contributed by atoms with E-state index in [4.69, 9.17) is 5.11 Å². The van der Waals surface area contributed by atoms with Crippen molar-refractivity contribution in [2.24, 2.45) is 11.8 Å². The molecule has 2 unspecified atom stereocenters. The van der Waals surface area contributed by atoms with Gasteiger partial charge in [-0.05, 0) is 30.9 Å². The molecule has 0 saturated heterocycles. The quantitative estimate of drug-likeness (QED) is 0.799. The SMILES string of the molecule is O=C(NCC1CCCC1C(=O)O)Nc1cccc(F)c1F. The van der Waals surface area contributed by atoms with Gasteiger partial charge >= 0.3 is 12.0 Å². The number of rotatable bonds is 4. The van der Waals surface area contributed by atoms with E-state index in [1.165, 1.54) is 12.1 Å². The Hall–Kier alpha value is -2.18. The first-order valence-electron chi connectivity index (χ1n) is 6.70. The third-order valence-electron chi connectivity index (χ3n) is 3.70. The average molecular weight is 298 g/mol. The largest absolute Gasteiger partial charge is 0.481 e. The minimum Gasteiger partial charge on any atom is -0.481 e. The van der Waals surface area contributed by atoms with Crippen LogP contribution < -0.4 is 10.6 Å². The molecule has 0 heterocycles. The molecule has 2 rings (SSSR count). The van der Waals surface area contributed by atoms with Crippen LogP contribution >= 0.6 is 0 Å². The molecular formula is C14H16F2N2O3. The Morgan fingerprint density at radius 1 is 1.29 bits per heavy atom. The number of benzene rings is 1. The lowest BCUT2D eigenvalue weighted by molar-refractivity contribution is -0.142. The number of urea groups is 1. The second-order valence-electron chi connectivity index (χ2n) is 5.07. The first-order valence-corrected chi connectivity index (χ1v) is 6.70. The third-order valence-corrected chi connectivity index (χ3v) is 3.70. The predicted molar refractivity (Wildman–Crippen MR) is 71.8 cm³/mol. The molecule has 5 nitrogen and oxygen atoms in total. The fourth-order valence-electron chi connectivity index (χ4n) is 2.60. The van der Waals surface area contributed by atoms with Crippen molar-refractivity contribution in [2.45, 2.75) is 19.3 Å². The van der Waals surface area contributed by atoms with Crippen molar-refractivity contribution in [1.29, 1.82) is 0 Å². The molecule has 7 heteroatoms. The minimum atomic E-state index is -1.13. The van der Waals surface area contributed by atoms with Crippen LogP contribution in [0, 0.1) is 23.5 Å². The van der Waals surface area contributed by atoms with Gasteiger partial charge in [-0.15, -0.1) is 0 Å². The predicted octanol–water partition coefficient (Wildman–Crippen LogP) is 2.59. The number of carbonyl (C=O) groups is 2. The molecule has 1 saturated carbocycles. The normalized spacial score (nSPS) is 21.0. The van der Waals surface area contributed by atoms with E-state index in [1.54, 1.807) is 0 Å². The van der Waals surface area contributed by atoms with Gasteiger partial charge in [0.05, 0.1) is 11.6 Å². The summed E-state index contributed by atoms with van der Waals surface area (Å²) in [6.07, 6.45) is 2.14. The van der Waals surface area contributed by atoms with E-state index < -0.39 is 29.6 Å². The van der Waals surface area contributed by atoms with E-state index in [2.05, 4.69) is 10.6 Å². The summed E-state index contributed by atoms with van der Waals surface area (Å²) in [6, 6.07) is 2.79. The summed E-state index contributed by atoms with van der Waals surface area (Å²) < 4.78 is 26.4. The van der Waals surface area contributed by atoms with Crippen LogP contribution in [0.4, 0.5) is 19.3 Å². The van der Waals surface area contributed by atoms with Crippen molar-refractivity contribution in [2.75, 3.05) is 11.9 Å². The Morgan fingerprint density at radius 3 is 2.76 bits per heavy atom. The minimum absolute atomic E-state index is 0.134. The van der Waals surface area contributed by atoms with Crippen LogP contribution in [0.5, 0.6) is 0 Å². The molecule has 0 aromatic heterocycles. The number of carboxylic acid groups (broad SMARTS) is 1. The highest BCUT2D eigenvalue weighted by Crippen LogP contribution is 2.31. The van der Waals surface area contributed by atoms with Gasteiger partial charge in [0.2, 0.25) is 0 Å². The maximum atomic E-state index is 13.4. The summed E-state index contributed by atoms with van der Waals surface area (Å²) in [7, 11) is 0. The zero-order valence-corrected chi connectivity index (χ0v) is 11.2. The van der Waals surface area contributed by atoms with Gasteiger partial charge in [0, 0.05) is 6.54 Å². The van der Waals surface area contributed by atoms with E-state index >= 15 is 0 Å². The van der Waals surface area contributed by atoms with Crippen molar-refractivity contribution < 1.29 is 23.5 Å². The van der Waals surface area contributed by atoms with Crippen molar-refractivity contribution in [3.8, 4) is 0 Å². The summed E-state index contributed by atoms with van der Waals surface area (Å²) in [4.78, 5) is 22.7. The molecule has 1 fully saturated rings. The summed E-state index contributed by atoms with van der Waals surface area (Å²) >= 11 is 0. The summed E-state index contributed by atoms with van der Waals surface area (Å²) in [5, 5.41) is 13.7. The third kappa shape index (κ3) is 3.68. The molecule has 0 bridgehead atoms. The number of nitrogens with one attached hydrogen (secondary N) is 2. The van der Waals surface area contributed by atoms with E-state index in [1.807, 2.05) is 0 Å². The van der Waals surface area contributed by atoms with Crippen molar-refractivity contribution in [3.63, 3.8) is 0 Å². The van der Waals surface area contributed by atoms with Crippen LogP contribution in [-0.4, -0.2) is 23.7 Å². The Kier molecular flexibility index (Phi) is 4.72. The first kappa shape index (κ1) is 15.2. The van der Waals surface area contributed by atoms with E-state index in [0.29, 0.717) is 6.42 Å². The Bertz CT molecular complexity index is 551. The lowest BCUT2D eigenvalue weighted by atomic mass is 9.96. The zero-order valence-electron chi connectivity index (χ0n) is 11.2. The molecule has 1 aliphatic carbocycles. The monoisotopic (exact) mass is 298 g/mol. The van der Waals surface area contributed by atoms with Gasteiger partial charge in [-0.3, -0.25) is 4.79 Å². The van der Waals surface area contributed by atoms with Crippen LogP contribution in [0.3, 0.4) is 0 Å². The standard InChI is InChI=1S/C14H16F2N2O3/c15-10-5-2-6-11(12(10)16)18-14(21)17-7-8-3-1-4-9(8)13(19)20/h2,5-6,8-9H,1,3-4,7H2,(H,19,20)(H2,17,18,21). The molecule has 2 amide bonds. The molecular weight excluding hydrogens is 282 g/mol. The van der Waals surface area contributed by atoms with E-state index in [9.17, 15) is 18.4 Å². The van der Waals surface area contributed by atoms with E-state index in [-0.39, 0.29) is 18.2 Å². The van der Waals surface area contributed by atoms with Gasteiger partial charge in [0.1, 0.15) is 0 Å². The second-order valence-corrected chi connectivity index (χ2v) is 5.07. The highest BCUT2D eigenvalue weighted by Gasteiger charge is 2.32. The molecule has 1 aliphatic rings. The highest BCUT2D eigenvalue weighted by atomic mass is 19.2. The summed E-state index contributed by atoms with van der Waals surface area (Å²) in [5.41, 5.74) is -0.256. The molecule has 0 radical (unpaired) electrons. The highest BCUT2D eigenvalue weighted by molar-refractivity contribution is 5.89. The Morgan fingerprint density at radius 2 is 2.05 bits per heavy atom. The van der Waals surface area contributed by atoms with Crippen molar-refractivity contribution in [3.05, 3.63) is 29.8 Å². The van der Waals surface area contributed by atoms with E-state index in [0.717, 1.165) is 18.9 Å². The lowest BCUT2D eigenvalue weighted by Gasteiger charge is -2.16. The lowest BCUT2D eigenvalue weighted by Crippen LogP contribution is -2.35. The van der Waals surface area contributed by atoms with Gasteiger partial charge < -0.3 is 15.7 Å². The second kappa shape index (κ2) is 6.51. The molecule has 2 atom stereocenters. The van der Waals surface area contributed by atoms with Crippen molar-refractivity contribution >= 4 is 17.7 Å². The zero-order chi connectivity index (χ0) is 15.4. The maximum Gasteiger partial charge on any atom is 0.319 e. The Labute approximate surface area is 120 Å². The molecule has 1 aromatic rings. The molecule has 114 valence electrons. The van der Waals surface area contributed by atoms with Gasteiger partial charge in [-0.2, -0.15) is 0 Å². The van der Waals surface area contributed by atoms with Crippen LogP contribution in [0.1, 0.15) is 19.3 Å². The molecule has 21 heavy (non-hydrogen) atoms. The number of hydrogen-bond acceptors (Lipinski definition) is 2. The average Bonchev–Trinajstić information content (AvgIpc) is 2.90. The number of carboxylic acids is 1. The first-order chi connectivity index (χ1) is 9.99. The number of halogens is 2. The molecule has 0 spiro atoms. The van der Waals surface area contributed by atoms with Crippen molar-refractivity contribution in [1.82, 2.24) is 5.32 Å². The van der Waals surface area contributed by atoms with Gasteiger partial charge in [-0.1, -0.05) is 12.5 Å². The van der Waals surface area contributed by atoms with Gasteiger partial charge in [0.15, 0.2) is 11.6 Å². The number of amides is 2. The summed E-state index contributed by atoms with van der Waals surface area (Å²) in [5.74, 6) is -3.64. The Balaban J connectivity index is 1.88. The molecule has 1 aromatic carbocycles. The van der Waals surface area contributed by atoms with Gasteiger partial charge in [0.25, 0.3) is 0 Å². The number of carbonyl (C=O) groups excluding carboxylic acids is 1. The smallest absolute Gasteiger partial charge is 0.319 e. The van der Waals surface area contributed by atoms with Crippen LogP contribution in [0.2, 0.25) is 0 Å². The van der Waals surface area contributed by atoms with Gasteiger partial charge in [-0.25, -0.2) is 13.6 Å². The summed E-state index contributed by atoms with van der Waals surface area (Å²) in [6.45, 7) is 0.194. The number of hydrogen-bond donors (Lipinski definition) is 3. The molecule has 0 aliphatic heterocycles. The molecule has 3 N–H and O–H groups in total. The maximum absolute atomic E-state index is 13.4. The topological polar surface area (TPSA) is 78.4 Å². The van der Waals surface area contributed by atoms with Crippen LogP contribution in [0.15, 0.2) is 18.2 Å². The van der Waals surface area contributed by atoms with Crippen LogP contribution in [-0.2, 0) is 4.79 Å². The number of aliphatic carboxylic acids is 1. The fourth-order valence-corrected chi connectivity index (χ4v) is 2.60. The number of anilines is 1. The fraction of sp³-hybridized carbons (Fsp3) is 0.429.